The number of piperazine rings is 1. The van der Waals surface area contributed by atoms with Gasteiger partial charge in [-0.05, 0) is 84.8 Å². The average molecular weight is 606 g/mol. The zero-order valence-electron chi connectivity index (χ0n) is 26.4. The molecule has 0 atom stereocenters. The van der Waals surface area contributed by atoms with Crippen LogP contribution in [0.4, 0.5) is 10.1 Å². The lowest BCUT2D eigenvalue weighted by Gasteiger charge is -2.36. The van der Waals surface area contributed by atoms with Crippen molar-refractivity contribution >= 4 is 22.6 Å². The number of fused-ring (bicyclic) bond motifs is 1. The Morgan fingerprint density at radius 2 is 1.62 bits per heavy atom. The summed E-state index contributed by atoms with van der Waals surface area (Å²) in [5.41, 5.74) is 5.62. The molecule has 0 aliphatic carbocycles. The first kappa shape index (κ1) is 30.3. The molecule has 0 spiro atoms. The van der Waals surface area contributed by atoms with E-state index in [4.69, 9.17) is 9.72 Å². The number of hydrogen-bond donors (Lipinski definition) is 1. The number of anilines is 1. The molecule has 8 heteroatoms. The molecular weight excluding hydrogens is 565 g/mol. The third-order valence-corrected chi connectivity index (χ3v) is 8.39. The van der Waals surface area contributed by atoms with Crippen LogP contribution in [-0.4, -0.2) is 60.1 Å². The zero-order valence-corrected chi connectivity index (χ0v) is 26.4. The third kappa shape index (κ3) is 6.71. The second-order valence-electron chi connectivity index (χ2n) is 12.6. The van der Waals surface area contributed by atoms with Crippen molar-refractivity contribution in [2.75, 3.05) is 44.7 Å². The monoisotopic (exact) mass is 605 g/mol. The van der Waals surface area contributed by atoms with Crippen LogP contribution in [0.15, 0.2) is 91.0 Å². The van der Waals surface area contributed by atoms with Crippen LogP contribution in [0.2, 0.25) is 0 Å². The van der Waals surface area contributed by atoms with E-state index in [1.54, 1.807) is 12.1 Å². The topological polar surface area (TPSA) is 62.6 Å². The number of carbonyl (C=O) groups is 1. The molecule has 2 heterocycles. The van der Waals surface area contributed by atoms with E-state index in [1.165, 1.54) is 17.7 Å². The van der Waals surface area contributed by atoms with Gasteiger partial charge in [-0.1, -0.05) is 45.0 Å². The van der Waals surface area contributed by atoms with Crippen molar-refractivity contribution < 1.29 is 13.9 Å². The maximum atomic E-state index is 13.6. The molecule has 1 aliphatic rings. The molecule has 0 bridgehead atoms. The Morgan fingerprint density at radius 1 is 0.889 bits per heavy atom. The van der Waals surface area contributed by atoms with Gasteiger partial charge in [0, 0.05) is 56.1 Å². The standard InChI is InChI=1S/C37H40FN5O2/c1-37(2,3)28-9-15-31(16-10-28)45-32-7-5-6-26(24-32)35-40-33-25-27(8-17-34(33)43(35)19-18-39-4)36(44)42-22-20-41(21-23-42)30-13-11-29(38)12-14-30/h5-17,24-25,39H,18-23H2,1-4H3. The van der Waals surface area contributed by atoms with E-state index in [9.17, 15) is 9.18 Å². The highest BCUT2D eigenvalue weighted by Crippen LogP contribution is 2.31. The van der Waals surface area contributed by atoms with E-state index in [1.807, 2.05) is 66.5 Å². The first-order valence-electron chi connectivity index (χ1n) is 15.5. The minimum atomic E-state index is -0.248. The highest BCUT2D eigenvalue weighted by Gasteiger charge is 2.24. The second-order valence-corrected chi connectivity index (χ2v) is 12.6. The Balaban J connectivity index is 1.23. The van der Waals surface area contributed by atoms with E-state index in [0.717, 1.165) is 52.7 Å². The summed E-state index contributed by atoms with van der Waals surface area (Å²) in [6.45, 7) is 10.7. The molecule has 1 fully saturated rings. The number of benzene rings is 4. The van der Waals surface area contributed by atoms with Crippen molar-refractivity contribution in [2.45, 2.75) is 32.7 Å². The minimum absolute atomic E-state index is 0.00476. The van der Waals surface area contributed by atoms with Crippen LogP contribution < -0.4 is 15.0 Å². The lowest BCUT2D eigenvalue weighted by molar-refractivity contribution is 0.0747. The molecule has 1 aliphatic heterocycles. The average Bonchev–Trinajstić information content (AvgIpc) is 3.41. The number of imidazole rings is 1. The molecule has 4 aromatic carbocycles. The summed E-state index contributed by atoms with van der Waals surface area (Å²) in [6, 6.07) is 28.6. The van der Waals surface area contributed by atoms with E-state index in [-0.39, 0.29) is 17.1 Å². The molecule has 5 aromatic rings. The zero-order chi connectivity index (χ0) is 31.6. The number of nitrogens with one attached hydrogen (secondary N) is 1. The fourth-order valence-electron chi connectivity index (χ4n) is 5.79. The van der Waals surface area contributed by atoms with Gasteiger partial charge in [-0.25, -0.2) is 9.37 Å². The molecule has 0 radical (unpaired) electrons. The normalized spacial score (nSPS) is 13.8. The highest BCUT2D eigenvalue weighted by molar-refractivity contribution is 5.98. The van der Waals surface area contributed by atoms with Crippen molar-refractivity contribution in [3.05, 3.63) is 108 Å². The van der Waals surface area contributed by atoms with Gasteiger partial charge in [0.2, 0.25) is 0 Å². The maximum absolute atomic E-state index is 13.6. The van der Waals surface area contributed by atoms with E-state index >= 15 is 0 Å². The van der Waals surface area contributed by atoms with Crippen molar-refractivity contribution in [1.29, 1.82) is 0 Å². The highest BCUT2D eigenvalue weighted by atomic mass is 19.1. The number of aromatic nitrogens is 2. The molecule has 1 saturated heterocycles. The van der Waals surface area contributed by atoms with Gasteiger partial charge in [0.1, 0.15) is 23.1 Å². The first-order valence-corrected chi connectivity index (χ1v) is 15.5. The largest absolute Gasteiger partial charge is 0.457 e. The summed E-state index contributed by atoms with van der Waals surface area (Å²) in [5, 5.41) is 3.24. The predicted octanol–water partition coefficient (Wildman–Crippen LogP) is 7.11. The molecule has 1 N–H and O–H groups in total. The van der Waals surface area contributed by atoms with Crippen molar-refractivity contribution in [1.82, 2.24) is 19.8 Å². The summed E-state index contributed by atoms with van der Waals surface area (Å²) in [4.78, 5) is 22.7. The van der Waals surface area contributed by atoms with Crippen LogP contribution in [0, 0.1) is 5.82 Å². The Labute approximate surface area is 264 Å². The van der Waals surface area contributed by atoms with E-state index in [0.29, 0.717) is 31.7 Å². The lowest BCUT2D eigenvalue weighted by Crippen LogP contribution is -2.48. The van der Waals surface area contributed by atoms with Gasteiger partial charge >= 0.3 is 0 Å². The number of rotatable bonds is 8. The summed E-state index contributed by atoms with van der Waals surface area (Å²) >= 11 is 0. The summed E-state index contributed by atoms with van der Waals surface area (Å²) in [5.74, 6) is 2.09. The summed E-state index contributed by atoms with van der Waals surface area (Å²) in [6.07, 6.45) is 0. The number of likely N-dealkylation sites (N-methyl/N-ethyl adjacent to an activating group) is 1. The predicted molar refractivity (Wildman–Crippen MR) is 179 cm³/mol. The number of nitrogens with zero attached hydrogens (tertiary/aromatic N) is 4. The Bertz CT molecular complexity index is 1780. The third-order valence-electron chi connectivity index (χ3n) is 8.39. The Morgan fingerprint density at radius 3 is 2.31 bits per heavy atom. The molecule has 232 valence electrons. The Hall–Kier alpha value is -4.69. The quantitative estimate of drug-likeness (QED) is 0.204. The summed E-state index contributed by atoms with van der Waals surface area (Å²) < 4.78 is 21.8. The molecule has 7 nitrogen and oxygen atoms in total. The number of carbonyl (C=O) groups excluding carboxylic acids is 1. The van der Waals surface area contributed by atoms with Gasteiger partial charge in [-0.15, -0.1) is 0 Å². The van der Waals surface area contributed by atoms with E-state index in [2.05, 4.69) is 47.7 Å². The molecule has 0 saturated carbocycles. The number of ether oxygens (including phenoxy) is 1. The maximum Gasteiger partial charge on any atom is 0.254 e. The Kier molecular flexibility index (Phi) is 8.59. The number of hydrogen-bond acceptors (Lipinski definition) is 5. The fourth-order valence-corrected chi connectivity index (χ4v) is 5.79. The lowest BCUT2D eigenvalue weighted by atomic mass is 9.87. The van der Waals surface area contributed by atoms with Crippen molar-refractivity contribution in [2.24, 2.45) is 0 Å². The second kappa shape index (κ2) is 12.7. The molecular formula is C37H40FN5O2. The minimum Gasteiger partial charge on any atom is -0.457 e. The molecule has 1 aromatic heterocycles. The smallest absolute Gasteiger partial charge is 0.254 e. The van der Waals surface area contributed by atoms with Gasteiger partial charge in [0.25, 0.3) is 5.91 Å². The van der Waals surface area contributed by atoms with Crippen molar-refractivity contribution in [3.63, 3.8) is 0 Å². The van der Waals surface area contributed by atoms with Crippen LogP contribution in [0.3, 0.4) is 0 Å². The van der Waals surface area contributed by atoms with Crippen LogP contribution in [0.25, 0.3) is 22.4 Å². The molecule has 6 rings (SSSR count). The molecule has 45 heavy (non-hydrogen) atoms. The van der Waals surface area contributed by atoms with E-state index < -0.39 is 0 Å². The SMILES string of the molecule is CNCCn1c(-c2cccc(Oc3ccc(C(C)(C)C)cc3)c2)nc2cc(C(=O)N3CCN(c4ccc(F)cc4)CC3)ccc21. The van der Waals surface area contributed by atoms with Gasteiger partial charge in [0.15, 0.2) is 0 Å². The fraction of sp³-hybridized carbons (Fsp3) is 0.297. The first-order chi connectivity index (χ1) is 21.7. The van der Waals surface area contributed by atoms with Crippen molar-refractivity contribution in [3.8, 4) is 22.9 Å². The van der Waals surface area contributed by atoms with Crippen LogP contribution in [0.1, 0.15) is 36.7 Å². The van der Waals surface area contributed by atoms with Crippen LogP contribution in [0.5, 0.6) is 11.5 Å². The van der Waals surface area contributed by atoms with Gasteiger partial charge in [-0.2, -0.15) is 0 Å². The number of amides is 1. The molecule has 1 amide bonds. The van der Waals surface area contributed by atoms with Crippen LogP contribution in [-0.2, 0) is 12.0 Å². The van der Waals surface area contributed by atoms with Crippen LogP contribution >= 0.6 is 0 Å². The number of halogens is 1. The summed E-state index contributed by atoms with van der Waals surface area (Å²) in [7, 11) is 1.94. The molecule has 0 unspecified atom stereocenters. The van der Waals surface area contributed by atoms with Gasteiger partial charge in [-0.3, -0.25) is 4.79 Å². The van der Waals surface area contributed by atoms with Gasteiger partial charge in [0.05, 0.1) is 11.0 Å². The van der Waals surface area contributed by atoms with Gasteiger partial charge < -0.3 is 24.4 Å².